The maximum atomic E-state index is 12.4. The third-order valence-electron chi connectivity index (χ3n) is 5.48. The minimum atomic E-state index is -3.35. The molecule has 148 valence electrons. The van der Waals surface area contributed by atoms with Crippen LogP contribution >= 0.6 is 0 Å². The molecule has 1 aliphatic rings. The Kier molecular flexibility index (Phi) is 5.03. The molecule has 1 saturated carbocycles. The Balaban J connectivity index is 1.51. The van der Waals surface area contributed by atoms with Gasteiger partial charge in [-0.05, 0) is 37.7 Å². The number of nitriles is 1. The molecule has 0 radical (unpaired) electrons. The van der Waals surface area contributed by atoms with Crippen LogP contribution < -0.4 is 4.72 Å². The van der Waals surface area contributed by atoms with Gasteiger partial charge in [-0.1, -0.05) is 6.92 Å². The number of nitrogens with one attached hydrogen (secondary N) is 2. The highest BCUT2D eigenvalue weighted by Gasteiger charge is 2.37. The second-order valence-corrected chi connectivity index (χ2v) is 9.40. The normalized spacial score (nSPS) is 22.8. The predicted octanol–water partition coefficient (Wildman–Crippen LogP) is 2.10. The van der Waals surface area contributed by atoms with Gasteiger partial charge in [0.15, 0.2) is 11.3 Å². The molecule has 0 bridgehead atoms. The first-order valence-corrected chi connectivity index (χ1v) is 11.2. The second kappa shape index (κ2) is 7.48. The first-order chi connectivity index (χ1) is 13.5. The highest BCUT2D eigenvalue weighted by molar-refractivity contribution is 7.89. The van der Waals surface area contributed by atoms with E-state index in [1.807, 2.05) is 22.7 Å². The zero-order valence-electron chi connectivity index (χ0n) is 15.7. The molecular weight excluding hydrogens is 378 g/mol. The maximum absolute atomic E-state index is 12.4. The molecule has 28 heavy (non-hydrogen) atoms. The van der Waals surface area contributed by atoms with Crippen molar-refractivity contribution in [3.05, 3.63) is 24.3 Å². The Morgan fingerprint density at radius 2 is 2.21 bits per heavy atom. The SMILES string of the molecule is CC1CC(NS(=O)(=O)CCCCC#N)CC1c1nnc2cnc3[nH]ccc3n12. The summed E-state index contributed by atoms with van der Waals surface area (Å²) in [5.41, 5.74) is 2.39. The fraction of sp³-hybridized carbons (Fsp3) is 0.556. The highest BCUT2D eigenvalue weighted by atomic mass is 32.2. The third kappa shape index (κ3) is 3.59. The number of nitrogens with zero attached hydrogens (tertiary/aromatic N) is 5. The van der Waals surface area contributed by atoms with E-state index >= 15 is 0 Å². The van der Waals surface area contributed by atoms with Crippen molar-refractivity contribution in [2.24, 2.45) is 5.92 Å². The molecule has 9 nitrogen and oxygen atoms in total. The van der Waals surface area contributed by atoms with Gasteiger partial charge in [0.25, 0.3) is 0 Å². The van der Waals surface area contributed by atoms with Gasteiger partial charge < -0.3 is 4.98 Å². The Labute approximate surface area is 163 Å². The number of aromatic amines is 1. The Bertz CT molecular complexity index is 1130. The average Bonchev–Trinajstić information content (AvgIpc) is 3.35. The van der Waals surface area contributed by atoms with Crippen molar-refractivity contribution in [3.63, 3.8) is 0 Å². The number of hydrogen-bond donors (Lipinski definition) is 2. The van der Waals surface area contributed by atoms with Gasteiger partial charge in [0.05, 0.1) is 23.5 Å². The number of rotatable bonds is 7. The van der Waals surface area contributed by atoms with E-state index in [9.17, 15) is 8.42 Å². The van der Waals surface area contributed by atoms with Crippen LogP contribution in [0.1, 0.15) is 50.8 Å². The van der Waals surface area contributed by atoms with Gasteiger partial charge in [0.1, 0.15) is 5.82 Å². The molecule has 2 N–H and O–H groups in total. The van der Waals surface area contributed by atoms with Crippen molar-refractivity contribution in [3.8, 4) is 6.07 Å². The lowest BCUT2D eigenvalue weighted by Crippen LogP contribution is -2.34. The molecule has 3 unspecified atom stereocenters. The largest absolute Gasteiger partial charge is 0.345 e. The summed E-state index contributed by atoms with van der Waals surface area (Å²) >= 11 is 0. The van der Waals surface area contributed by atoms with Crippen LogP contribution in [0.3, 0.4) is 0 Å². The van der Waals surface area contributed by atoms with Crippen molar-refractivity contribution >= 4 is 26.8 Å². The minimum absolute atomic E-state index is 0.0632. The molecule has 0 aliphatic heterocycles. The van der Waals surface area contributed by atoms with Crippen LogP contribution in [0.4, 0.5) is 0 Å². The van der Waals surface area contributed by atoms with Crippen molar-refractivity contribution in [1.29, 1.82) is 5.26 Å². The molecule has 1 fully saturated rings. The maximum Gasteiger partial charge on any atom is 0.211 e. The lowest BCUT2D eigenvalue weighted by molar-refractivity contribution is 0.505. The molecule has 3 aromatic heterocycles. The van der Waals surface area contributed by atoms with Crippen LogP contribution in [0.25, 0.3) is 16.8 Å². The van der Waals surface area contributed by atoms with Gasteiger partial charge in [-0.3, -0.25) is 4.40 Å². The van der Waals surface area contributed by atoms with Gasteiger partial charge in [-0.15, -0.1) is 10.2 Å². The zero-order chi connectivity index (χ0) is 19.7. The summed E-state index contributed by atoms with van der Waals surface area (Å²) in [5.74, 6) is 1.31. The van der Waals surface area contributed by atoms with Gasteiger partial charge in [0, 0.05) is 24.6 Å². The third-order valence-corrected chi connectivity index (χ3v) is 7.00. The lowest BCUT2D eigenvalue weighted by atomic mass is 9.97. The van der Waals surface area contributed by atoms with Gasteiger partial charge in [-0.25, -0.2) is 18.1 Å². The van der Waals surface area contributed by atoms with Crippen LogP contribution in [0.2, 0.25) is 0 Å². The Morgan fingerprint density at radius 3 is 3.04 bits per heavy atom. The molecule has 10 heteroatoms. The van der Waals surface area contributed by atoms with Crippen LogP contribution in [0, 0.1) is 17.2 Å². The molecule has 0 amide bonds. The highest BCUT2D eigenvalue weighted by Crippen LogP contribution is 2.39. The van der Waals surface area contributed by atoms with Crippen molar-refractivity contribution in [1.82, 2.24) is 29.3 Å². The standard InChI is InChI=1S/C18H23N7O2S/c1-12-9-13(24-28(26,27)8-4-2-3-6-19)10-14(12)18-23-22-16-11-21-17-15(25(16)18)5-7-20-17/h5,7,11-14,20,24H,2-4,8-10H2,1H3. The number of fused-ring (bicyclic) bond motifs is 3. The van der Waals surface area contributed by atoms with Crippen LogP contribution in [0.15, 0.2) is 18.5 Å². The second-order valence-electron chi connectivity index (χ2n) is 7.53. The number of aromatic nitrogens is 5. The van der Waals surface area contributed by atoms with E-state index in [4.69, 9.17) is 5.26 Å². The van der Waals surface area contributed by atoms with E-state index in [0.717, 1.165) is 23.4 Å². The molecule has 1 aliphatic carbocycles. The van der Waals surface area contributed by atoms with Crippen molar-refractivity contribution in [2.75, 3.05) is 5.75 Å². The summed E-state index contributed by atoms with van der Waals surface area (Å²) in [6, 6.07) is 3.88. The van der Waals surface area contributed by atoms with Crippen LogP contribution in [0.5, 0.6) is 0 Å². The number of sulfonamides is 1. The molecule has 0 aromatic carbocycles. The molecule has 0 saturated heterocycles. The number of H-pyrrole nitrogens is 1. The van der Waals surface area contributed by atoms with E-state index in [1.165, 1.54) is 0 Å². The minimum Gasteiger partial charge on any atom is -0.345 e. The fourth-order valence-corrected chi connectivity index (χ4v) is 5.55. The molecule has 3 heterocycles. The topological polar surface area (TPSA) is 129 Å². The smallest absolute Gasteiger partial charge is 0.211 e. The first-order valence-electron chi connectivity index (χ1n) is 9.52. The summed E-state index contributed by atoms with van der Waals surface area (Å²) in [5, 5.41) is 17.2. The van der Waals surface area contributed by atoms with Crippen LogP contribution in [-0.2, 0) is 10.0 Å². The molecule has 4 rings (SSSR count). The molecule has 3 atom stereocenters. The molecule has 3 aromatic rings. The summed E-state index contributed by atoms with van der Waals surface area (Å²) in [6.45, 7) is 2.13. The monoisotopic (exact) mass is 401 g/mol. The van der Waals surface area contributed by atoms with Crippen LogP contribution in [-0.4, -0.2) is 44.8 Å². The first kappa shape index (κ1) is 18.8. The van der Waals surface area contributed by atoms with Gasteiger partial charge in [0.2, 0.25) is 10.0 Å². The van der Waals surface area contributed by atoms with Gasteiger partial charge >= 0.3 is 0 Å². The summed E-state index contributed by atoms with van der Waals surface area (Å²) in [7, 11) is -3.35. The van der Waals surface area contributed by atoms with E-state index in [1.54, 1.807) is 6.20 Å². The number of hydrogen-bond acceptors (Lipinski definition) is 6. The van der Waals surface area contributed by atoms with E-state index in [-0.39, 0.29) is 23.6 Å². The van der Waals surface area contributed by atoms with E-state index < -0.39 is 10.0 Å². The zero-order valence-corrected chi connectivity index (χ0v) is 16.5. The van der Waals surface area contributed by atoms with Crippen molar-refractivity contribution in [2.45, 2.75) is 51.0 Å². The fourth-order valence-electron chi connectivity index (χ4n) is 4.15. The lowest BCUT2D eigenvalue weighted by Gasteiger charge is -2.14. The van der Waals surface area contributed by atoms with E-state index in [2.05, 4.69) is 31.8 Å². The van der Waals surface area contributed by atoms with Crippen molar-refractivity contribution < 1.29 is 8.42 Å². The summed E-state index contributed by atoms with van der Waals surface area (Å²) in [6.07, 6.45) is 6.47. The number of unbranched alkanes of at least 4 members (excludes halogenated alkanes) is 2. The van der Waals surface area contributed by atoms with Gasteiger partial charge in [-0.2, -0.15) is 5.26 Å². The average molecular weight is 401 g/mol. The molecule has 0 spiro atoms. The predicted molar refractivity (Wildman–Crippen MR) is 104 cm³/mol. The quantitative estimate of drug-likeness (QED) is 0.583. The Hall–Kier alpha value is -2.51. The summed E-state index contributed by atoms with van der Waals surface area (Å²) < 4.78 is 29.6. The molecular formula is C18H23N7O2S. The summed E-state index contributed by atoms with van der Waals surface area (Å²) in [4.78, 5) is 7.44. The van der Waals surface area contributed by atoms with E-state index in [0.29, 0.717) is 31.3 Å². The Morgan fingerprint density at radius 1 is 1.36 bits per heavy atom.